The van der Waals surface area contributed by atoms with Crippen LogP contribution in [0.3, 0.4) is 0 Å². The highest BCUT2D eigenvalue weighted by Crippen LogP contribution is 2.24. The number of nitrogens with zero attached hydrogens (tertiary/aromatic N) is 1. The molecule has 0 bridgehead atoms. The van der Waals surface area contributed by atoms with Crippen molar-refractivity contribution in [1.29, 1.82) is 0 Å². The van der Waals surface area contributed by atoms with Crippen molar-refractivity contribution in [2.24, 2.45) is 5.92 Å². The maximum Gasteiger partial charge on any atom is 0.257 e. The first kappa shape index (κ1) is 16.5. The molecule has 1 heterocycles. The van der Waals surface area contributed by atoms with Crippen molar-refractivity contribution in [3.05, 3.63) is 65.5 Å². The van der Waals surface area contributed by atoms with E-state index in [4.69, 9.17) is 4.74 Å². The summed E-state index contributed by atoms with van der Waals surface area (Å²) in [5.74, 6) is 0.294. The molecule has 4 nitrogen and oxygen atoms in total. The smallest absolute Gasteiger partial charge is 0.257 e. The lowest BCUT2D eigenvalue weighted by molar-refractivity contribution is 0.0777. The number of benzene rings is 2. The maximum absolute atomic E-state index is 12.9. The quantitative estimate of drug-likeness (QED) is 0.918. The maximum atomic E-state index is 12.9. The molecule has 126 valence electrons. The fourth-order valence-electron chi connectivity index (χ4n) is 2.85. The highest BCUT2D eigenvalue weighted by molar-refractivity contribution is 5.97. The summed E-state index contributed by atoms with van der Waals surface area (Å²) in [5.41, 5.74) is 1.35. The highest BCUT2D eigenvalue weighted by atomic mass is 19.1. The van der Waals surface area contributed by atoms with E-state index in [9.17, 15) is 14.3 Å². The Bertz CT molecular complexity index is 702. The van der Waals surface area contributed by atoms with Gasteiger partial charge in [0.1, 0.15) is 18.2 Å². The average Bonchev–Trinajstić information content (AvgIpc) is 3.10. The van der Waals surface area contributed by atoms with Crippen molar-refractivity contribution < 1.29 is 19.0 Å². The van der Waals surface area contributed by atoms with Crippen LogP contribution in [0, 0.1) is 11.7 Å². The van der Waals surface area contributed by atoms with Crippen molar-refractivity contribution in [3.8, 4) is 5.75 Å². The highest BCUT2D eigenvalue weighted by Gasteiger charge is 2.27. The molecule has 1 N–H and O–H groups in total. The van der Waals surface area contributed by atoms with Crippen molar-refractivity contribution in [2.75, 3.05) is 19.7 Å². The zero-order valence-electron chi connectivity index (χ0n) is 13.3. The Kier molecular flexibility index (Phi) is 5.11. The first-order valence-corrected chi connectivity index (χ1v) is 8.04. The first-order valence-electron chi connectivity index (χ1n) is 8.04. The fraction of sp³-hybridized carbons (Fsp3) is 0.316. The molecule has 1 saturated heterocycles. The average molecular weight is 329 g/mol. The number of halogens is 1. The van der Waals surface area contributed by atoms with Crippen LogP contribution in [0.4, 0.5) is 4.39 Å². The summed E-state index contributed by atoms with van der Waals surface area (Å²) in [4.78, 5) is 14.5. The lowest BCUT2D eigenvalue weighted by Crippen LogP contribution is -2.29. The molecular weight excluding hydrogens is 309 g/mol. The Labute approximate surface area is 140 Å². The number of rotatable bonds is 5. The summed E-state index contributed by atoms with van der Waals surface area (Å²) in [6.07, 6.45) is 0.820. The molecule has 1 aliphatic heterocycles. The van der Waals surface area contributed by atoms with Crippen LogP contribution in [0.25, 0.3) is 0 Å². The molecule has 1 aliphatic rings. The lowest BCUT2D eigenvalue weighted by atomic mass is 10.1. The molecule has 2 aromatic rings. The topological polar surface area (TPSA) is 49.8 Å². The van der Waals surface area contributed by atoms with Gasteiger partial charge in [0.2, 0.25) is 0 Å². The van der Waals surface area contributed by atoms with E-state index < -0.39 is 0 Å². The van der Waals surface area contributed by atoms with Gasteiger partial charge in [0.05, 0.1) is 5.56 Å². The van der Waals surface area contributed by atoms with Crippen LogP contribution in [0.15, 0.2) is 48.5 Å². The lowest BCUT2D eigenvalue weighted by Gasteiger charge is -2.18. The van der Waals surface area contributed by atoms with Gasteiger partial charge in [-0.1, -0.05) is 24.3 Å². The molecule has 1 unspecified atom stereocenters. The molecule has 0 aliphatic carbocycles. The molecule has 0 saturated carbocycles. The van der Waals surface area contributed by atoms with Gasteiger partial charge < -0.3 is 14.7 Å². The number of aliphatic hydroxyl groups is 1. The van der Waals surface area contributed by atoms with E-state index in [1.807, 2.05) is 6.07 Å². The van der Waals surface area contributed by atoms with Gasteiger partial charge in [0.15, 0.2) is 0 Å². The number of hydrogen-bond acceptors (Lipinski definition) is 3. The molecule has 0 aromatic heterocycles. The van der Waals surface area contributed by atoms with Crippen LogP contribution in [-0.2, 0) is 6.61 Å². The molecule has 2 aromatic carbocycles. The Morgan fingerprint density at radius 2 is 1.96 bits per heavy atom. The molecule has 0 spiro atoms. The monoisotopic (exact) mass is 329 g/mol. The summed E-state index contributed by atoms with van der Waals surface area (Å²) in [5, 5.41) is 9.23. The second kappa shape index (κ2) is 7.45. The molecule has 5 heteroatoms. The van der Waals surface area contributed by atoms with Gasteiger partial charge in [-0.2, -0.15) is 0 Å². The Balaban J connectivity index is 1.70. The van der Waals surface area contributed by atoms with E-state index in [-0.39, 0.29) is 30.9 Å². The Hall–Kier alpha value is -2.40. The Morgan fingerprint density at radius 3 is 2.67 bits per heavy atom. The van der Waals surface area contributed by atoms with Gasteiger partial charge in [-0.25, -0.2) is 4.39 Å². The van der Waals surface area contributed by atoms with Crippen LogP contribution in [-0.4, -0.2) is 35.6 Å². The number of amides is 1. The molecule has 3 rings (SSSR count). The summed E-state index contributed by atoms with van der Waals surface area (Å²) < 4.78 is 18.7. The van der Waals surface area contributed by atoms with Crippen molar-refractivity contribution in [1.82, 2.24) is 4.90 Å². The molecular formula is C19H20FNO3. The SMILES string of the molecule is O=C(c1ccccc1OCc1ccc(F)cc1)N1CCC(CO)C1. The number of hydrogen-bond donors (Lipinski definition) is 1. The standard InChI is InChI=1S/C19H20FNO3/c20-16-7-5-14(6-8-16)13-24-18-4-2-1-3-17(18)19(23)21-10-9-15(11-21)12-22/h1-8,15,22H,9-13H2. The van der Waals surface area contributed by atoms with Crippen molar-refractivity contribution in [3.63, 3.8) is 0 Å². The van der Waals surface area contributed by atoms with Crippen LogP contribution >= 0.6 is 0 Å². The fourth-order valence-corrected chi connectivity index (χ4v) is 2.85. The van der Waals surface area contributed by atoms with E-state index in [1.54, 1.807) is 35.2 Å². The first-order chi connectivity index (χ1) is 11.7. The summed E-state index contributed by atoms with van der Waals surface area (Å²) >= 11 is 0. The minimum Gasteiger partial charge on any atom is -0.488 e. The number of ether oxygens (including phenoxy) is 1. The zero-order chi connectivity index (χ0) is 16.9. The third-order valence-electron chi connectivity index (χ3n) is 4.26. The summed E-state index contributed by atoms with van der Waals surface area (Å²) in [6.45, 7) is 1.59. The summed E-state index contributed by atoms with van der Waals surface area (Å²) in [7, 11) is 0. The van der Waals surface area contributed by atoms with E-state index in [0.717, 1.165) is 12.0 Å². The molecule has 1 fully saturated rings. The second-order valence-electron chi connectivity index (χ2n) is 6.00. The molecule has 1 amide bonds. The van der Waals surface area contributed by atoms with Gasteiger partial charge in [0, 0.05) is 25.6 Å². The number of carbonyl (C=O) groups is 1. The third-order valence-corrected chi connectivity index (χ3v) is 4.26. The van der Waals surface area contributed by atoms with Gasteiger partial charge in [-0.3, -0.25) is 4.79 Å². The normalized spacial score (nSPS) is 17.1. The number of carbonyl (C=O) groups excluding carboxylic acids is 1. The molecule has 1 atom stereocenters. The molecule has 24 heavy (non-hydrogen) atoms. The second-order valence-corrected chi connectivity index (χ2v) is 6.00. The third kappa shape index (κ3) is 3.74. The molecule has 0 radical (unpaired) electrons. The van der Waals surface area contributed by atoms with Crippen LogP contribution in [0.5, 0.6) is 5.75 Å². The van der Waals surface area contributed by atoms with E-state index >= 15 is 0 Å². The predicted octanol–water partition coefficient (Wildman–Crippen LogP) is 2.86. The Morgan fingerprint density at radius 1 is 1.21 bits per heavy atom. The van der Waals surface area contributed by atoms with Gasteiger partial charge >= 0.3 is 0 Å². The minimum absolute atomic E-state index is 0.0827. The van der Waals surface area contributed by atoms with Gasteiger partial charge in [0.25, 0.3) is 5.91 Å². The number of aliphatic hydroxyl groups excluding tert-OH is 1. The van der Waals surface area contributed by atoms with Crippen molar-refractivity contribution in [2.45, 2.75) is 13.0 Å². The van der Waals surface area contributed by atoms with Crippen LogP contribution in [0.1, 0.15) is 22.3 Å². The van der Waals surface area contributed by atoms with E-state index in [0.29, 0.717) is 24.4 Å². The largest absolute Gasteiger partial charge is 0.488 e. The number of para-hydroxylation sites is 1. The zero-order valence-corrected chi connectivity index (χ0v) is 13.3. The van der Waals surface area contributed by atoms with E-state index in [1.165, 1.54) is 12.1 Å². The summed E-state index contributed by atoms with van der Waals surface area (Å²) in [6, 6.07) is 13.2. The van der Waals surface area contributed by atoms with Gasteiger partial charge in [-0.05, 0) is 36.2 Å². The van der Waals surface area contributed by atoms with Crippen molar-refractivity contribution >= 4 is 5.91 Å². The number of likely N-dealkylation sites (tertiary alicyclic amines) is 1. The predicted molar refractivity (Wildman–Crippen MR) is 88.3 cm³/mol. The minimum atomic E-state index is -0.290. The van der Waals surface area contributed by atoms with Crippen LogP contribution < -0.4 is 4.74 Å². The van der Waals surface area contributed by atoms with Crippen LogP contribution in [0.2, 0.25) is 0 Å². The van der Waals surface area contributed by atoms with Gasteiger partial charge in [-0.15, -0.1) is 0 Å². The van der Waals surface area contributed by atoms with E-state index in [2.05, 4.69) is 0 Å².